The zero-order chi connectivity index (χ0) is 13.4. The van der Waals surface area contributed by atoms with E-state index >= 15 is 0 Å². The van der Waals surface area contributed by atoms with Gasteiger partial charge in [0.05, 0.1) is 5.41 Å². The van der Waals surface area contributed by atoms with E-state index in [4.69, 9.17) is 0 Å². The van der Waals surface area contributed by atoms with Crippen molar-refractivity contribution in [3.63, 3.8) is 0 Å². The standard InChI is InChI=1S/C14H21F4/c1-2-3-8-13(14(16,17)18)9-11(10-4-5-10)6-7-12(13)15/h6,10-12H,2-5,7-9H2,1H3. The van der Waals surface area contributed by atoms with Crippen LogP contribution in [0, 0.1) is 23.7 Å². The maximum Gasteiger partial charge on any atom is 0.397 e. The molecule has 0 bridgehead atoms. The summed E-state index contributed by atoms with van der Waals surface area (Å²) in [4.78, 5) is 0. The molecule has 105 valence electrons. The minimum absolute atomic E-state index is 0.0181. The maximum absolute atomic E-state index is 14.0. The fourth-order valence-electron chi connectivity index (χ4n) is 3.22. The average Bonchev–Trinajstić information content (AvgIpc) is 3.10. The Labute approximate surface area is 106 Å². The molecule has 0 spiro atoms. The molecule has 1 radical (unpaired) electrons. The first-order valence-electron chi connectivity index (χ1n) is 6.95. The SMILES string of the molecule is CCCCC1(C(F)(F)F)CC(C2CC2)[CH]CC1F. The molecule has 0 nitrogen and oxygen atoms in total. The third kappa shape index (κ3) is 2.53. The Morgan fingerprint density at radius 3 is 2.44 bits per heavy atom. The summed E-state index contributed by atoms with van der Waals surface area (Å²) in [5, 5.41) is 0. The molecule has 0 N–H and O–H groups in total. The number of rotatable bonds is 4. The van der Waals surface area contributed by atoms with Crippen molar-refractivity contribution in [1.82, 2.24) is 0 Å². The van der Waals surface area contributed by atoms with Gasteiger partial charge in [0, 0.05) is 0 Å². The molecule has 2 saturated carbocycles. The average molecular weight is 265 g/mol. The van der Waals surface area contributed by atoms with Gasteiger partial charge >= 0.3 is 6.18 Å². The quantitative estimate of drug-likeness (QED) is 0.621. The topological polar surface area (TPSA) is 0 Å². The van der Waals surface area contributed by atoms with Crippen LogP contribution in [0.2, 0.25) is 0 Å². The van der Waals surface area contributed by atoms with Gasteiger partial charge in [-0.2, -0.15) is 13.2 Å². The van der Waals surface area contributed by atoms with E-state index in [1.807, 2.05) is 6.92 Å². The van der Waals surface area contributed by atoms with Gasteiger partial charge in [0.25, 0.3) is 0 Å². The van der Waals surface area contributed by atoms with E-state index in [0.29, 0.717) is 18.8 Å². The van der Waals surface area contributed by atoms with Gasteiger partial charge in [0.2, 0.25) is 0 Å². The largest absolute Gasteiger partial charge is 0.397 e. The summed E-state index contributed by atoms with van der Waals surface area (Å²) < 4.78 is 54.1. The van der Waals surface area contributed by atoms with Crippen molar-refractivity contribution >= 4 is 0 Å². The highest BCUT2D eigenvalue weighted by molar-refractivity contribution is 5.06. The highest BCUT2D eigenvalue weighted by atomic mass is 19.4. The van der Waals surface area contributed by atoms with Gasteiger partial charge in [-0.15, -0.1) is 0 Å². The molecule has 0 aromatic rings. The molecule has 0 heterocycles. The summed E-state index contributed by atoms with van der Waals surface area (Å²) in [7, 11) is 0. The Kier molecular flexibility index (Phi) is 3.93. The molecule has 3 atom stereocenters. The van der Waals surface area contributed by atoms with Gasteiger partial charge in [0.1, 0.15) is 6.17 Å². The number of unbranched alkanes of at least 4 members (excludes halogenated alkanes) is 1. The summed E-state index contributed by atoms with van der Waals surface area (Å²) >= 11 is 0. The zero-order valence-corrected chi connectivity index (χ0v) is 10.8. The van der Waals surface area contributed by atoms with Crippen molar-refractivity contribution in [3.8, 4) is 0 Å². The number of halogens is 4. The third-order valence-electron chi connectivity index (χ3n) is 4.61. The van der Waals surface area contributed by atoms with Gasteiger partial charge in [-0.3, -0.25) is 0 Å². The fraction of sp³-hybridized carbons (Fsp3) is 0.929. The fourth-order valence-corrected chi connectivity index (χ4v) is 3.22. The van der Waals surface area contributed by atoms with E-state index in [1.54, 1.807) is 6.42 Å². The van der Waals surface area contributed by atoms with Crippen LogP contribution >= 0.6 is 0 Å². The van der Waals surface area contributed by atoms with Crippen LogP contribution in [0.15, 0.2) is 0 Å². The monoisotopic (exact) mass is 265 g/mol. The van der Waals surface area contributed by atoms with Crippen LogP contribution in [0.3, 0.4) is 0 Å². The summed E-state index contributed by atoms with van der Waals surface area (Å²) in [6.45, 7) is 1.85. The molecule has 2 aliphatic carbocycles. The van der Waals surface area contributed by atoms with Crippen LogP contribution in [0.25, 0.3) is 0 Å². The normalized spacial score (nSPS) is 37.8. The lowest BCUT2D eigenvalue weighted by atomic mass is 9.64. The van der Waals surface area contributed by atoms with Crippen LogP contribution in [0.4, 0.5) is 17.6 Å². The number of alkyl halides is 4. The minimum Gasteiger partial charge on any atom is -0.247 e. The molecule has 2 fully saturated rings. The van der Waals surface area contributed by atoms with Gasteiger partial charge in [-0.05, 0) is 50.4 Å². The van der Waals surface area contributed by atoms with Crippen molar-refractivity contribution < 1.29 is 17.6 Å². The number of hydrogen-bond donors (Lipinski definition) is 0. The zero-order valence-electron chi connectivity index (χ0n) is 10.8. The highest BCUT2D eigenvalue weighted by Crippen LogP contribution is 2.58. The summed E-state index contributed by atoms with van der Waals surface area (Å²) in [5.74, 6) is 0.372. The van der Waals surface area contributed by atoms with Crippen molar-refractivity contribution in [1.29, 1.82) is 0 Å². The lowest BCUT2D eigenvalue weighted by molar-refractivity contribution is -0.259. The maximum atomic E-state index is 14.0. The molecule has 2 rings (SSSR count). The molecule has 0 saturated heterocycles. The Morgan fingerprint density at radius 1 is 1.28 bits per heavy atom. The van der Waals surface area contributed by atoms with E-state index in [-0.39, 0.29) is 25.2 Å². The van der Waals surface area contributed by atoms with E-state index in [9.17, 15) is 17.6 Å². The highest BCUT2D eigenvalue weighted by Gasteiger charge is 2.62. The molecule has 0 aromatic carbocycles. The van der Waals surface area contributed by atoms with Crippen molar-refractivity contribution in [3.05, 3.63) is 6.42 Å². The van der Waals surface area contributed by atoms with Gasteiger partial charge in [-0.1, -0.05) is 19.8 Å². The molecular formula is C14H21F4. The predicted octanol–water partition coefficient (Wildman–Crippen LogP) is 5.09. The first-order valence-corrected chi connectivity index (χ1v) is 6.95. The third-order valence-corrected chi connectivity index (χ3v) is 4.61. The van der Waals surface area contributed by atoms with Gasteiger partial charge < -0.3 is 0 Å². The van der Waals surface area contributed by atoms with Gasteiger partial charge in [0.15, 0.2) is 0 Å². The Hall–Kier alpha value is -0.280. The van der Waals surface area contributed by atoms with Crippen LogP contribution < -0.4 is 0 Å². The molecular weight excluding hydrogens is 244 g/mol. The second-order valence-electron chi connectivity index (χ2n) is 5.90. The molecule has 0 amide bonds. The first kappa shape index (κ1) is 14.1. The summed E-state index contributed by atoms with van der Waals surface area (Å²) in [6.07, 6.45) is -1.29. The van der Waals surface area contributed by atoms with E-state index in [0.717, 1.165) is 12.8 Å². The lowest BCUT2D eigenvalue weighted by Crippen LogP contribution is -2.50. The van der Waals surface area contributed by atoms with Crippen LogP contribution in [-0.4, -0.2) is 12.3 Å². The summed E-state index contributed by atoms with van der Waals surface area (Å²) in [5.41, 5.74) is -2.08. The van der Waals surface area contributed by atoms with Gasteiger partial charge in [-0.25, -0.2) is 4.39 Å². The molecule has 4 heteroatoms. The predicted molar refractivity (Wildman–Crippen MR) is 62.7 cm³/mol. The summed E-state index contributed by atoms with van der Waals surface area (Å²) in [6, 6.07) is 0. The first-order chi connectivity index (χ1) is 8.40. The Morgan fingerprint density at radius 2 is 1.94 bits per heavy atom. The molecule has 2 aliphatic rings. The lowest BCUT2D eigenvalue weighted by Gasteiger charge is -2.44. The van der Waals surface area contributed by atoms with Crippen LogP contribution in [0.5, 0.6) is 0 Å². The van der Waals surface area contributed by atoms with Crippen molar-refractivity contribution in [2.24, 2.45) is 17.3 Å². The van der Waals surface area contributed by atoms with E-state index < -0.39 is 17.8 Å². The molecule has 0 aliphatic heterocycles. The second-order valence-corrected chi connectivity index (χ2v) is 5.90. The Bertz CT molecular complexity index is 282. The smallest absolute Gasteiger partial charge is 0.247 e. The van der Waals surface area contributed by atoms with E-state index in [1.165, 1.54) is 0 Å². The van der Waals surface area contributed by atoms with Crippen molar-refractivity contribution in [2.75, 3.05) is 0 Å². The van der Waals surface area contributed by atoms with Crippen molar-refractivity contribution in [2.45, 2.75) is 64.2 Å². The van der Waals surface area contributed by atoms with E-state index in [2.05, 4.69) is 0 Å². The number of hydrogen-bond acceptors (Lipinski definition) is 0. The minimum atomic E-state index is -4.41. The van der Waals surface area contributed by atoms with Crippen LogP contribution in [-0.2, 0) is 0 Å². The Balaban J connectivity index is 2.17. The molecule has 0 aromatic heterocycles. The molecule has 3 unspecified atom stereocenters. The second kappa shape index (κ2) is 5.01. The molecule has 18 heavy (non-hydrogen) atoms. The van der Waals surface area contributed by atoms with Crippen LogP contribution in [0.1, 0.15) is 51.9 Å².